The minimum Gasteiger partial charge on any atom is -0.451 e. The van der Waals surface area contributed by atoms with E-state index < -0.39 is 10.9 Å². The second-order valence-electron chi connectivity index (χ2n) is 4.87. The molecule has 0 saturated carbocycles. The first-order valence-electron chi connectivity index (χ1n) is 7.13. The molecular weight excluding hydrogens is 320 g/mol. The van der Waals surface area contributed by atoms with Crippen molar-refractivity contribution < 1.29 is 19.2 Å². The highest BCUT2D eigenvalue weighted by Crippen LogP contribution is 2.29. The zero-order valence-electron chi connectivity index (χ0n) is 12.5. The fraction of sp³-hybridized carbons (Fsp3) is 0.333. The molecule has 2 rings (SSSR count). The zero-order chi connectivity index (χ0) is 16.8. The van der Waals surface area contributed by atoms with Crippen LogP contribution in [0.5, 0.6) is 0 Å². The quantitative estimate of drug-likeness (QED) is 0.363. The summed E-state index contributed by atoms with van der Waals surface area (Å²) in [5.41, 5.74) is -0.0366. The van der Waals surface area contributed by atoms with Gasteiger partial charge in [-0.05, 0) is 18.6 Å². The van der Waals surface area contributed by atoms with E-state index in [-0.39, 0.29) is 18.2 Å². The van der Waals surface area contributed by atoms with Crippen LogP contribution in [0.4, 0.5) is 5.69 Å². The van der Waals surface area contributed by atoms with Gasteiger partial charge < -0.3 is 10.1 Å². The molecule has 8 heteroatoms. The first kappa shape index (κ1) is 16.9. The van der Waals surface area contributed by atoms with Crippen LogP contribution in [0.25, 0.3) is 10.1 Å². The molecule has 0 bridgehead atoms. The summed E-state index contributed by atoms with van der Waals surface area (Å²) in [7, 11) is 0. The number of rotatable bonds is 7. The second kappa shape index (κ2) is 7.68. The maximum Gasteiger partial charge on any atom is 0.348 e. The van der Waals surface area contributed by atoms with Gasteiger partial charge in [0.1, 0.15) is 4.88 Å². The summed E-state index contributed by atoms with van der Waals surface area (Å²) < 4.78 is 5.70. The Hall–Kier alpha value is -2.48. The number of nitro groups is 1. The van der Waals surface area contributed by atoms with Gasteiger partial charge in [0, 0.05) is 28.8 Å². The molecule has 0 aliphatic rings. The largest absolute Gasteiger partial charge is 0.451 e. The van der Waals surface area contributed by atoms with Crippen LogP contribution in [0.1, 0.15) is 29.4 Å². The predicted octanol–water partition coefficient (Wildman–Crippen LogP) is 2.88. The molecule has 0 aliphatic heterocycles. The number of nitrogens with zero attached hydrogens (tertiary/aromatic N) is 1. The third kappa shape index (κ3) is 4.49. The number of nitro benzene ring substituents is 1. The van der Waals surface area contributed by atoms with Crippen LogP contribution in [0, 0.1) is 10.1 Å². The molecule has 0 spiro atoms. The van der Waals surface area contributed by atoms with Crippen LogP contribution >= 0.6 is 11.3 Å². The Morgan fingerprint density at radius 1 is 1.35 bits per heavy atom. The zero-order valence-corrected chi connectivity index (χ0v) is 13.4. The Bertz CT molecular complexity index is 741. The number of hydrogen-bond acceptors (Lipinski definition) is 6. The number of thiophene rings is 1. The number of benzene rings is 1. The smallest absolute Gasteiger partial charge is 0.348 e. The van der Waals surface area contributed by atoms with E-state index in [0.717, 1.165) is 17.5 Å². The van der Waals surface area contributed by atoms with Crippen molar-refractivity contribution in [3.05, 3.63) is 39.3 Å². The third-order valence-electron chi connectivity index (χ3n) is 3.10. The van der Waals surface area contributed by atoms with Crippen LogP contribution in [0.2, 0.25) is 0 Å². The van der Waals surface area contributed by atoms with Gasteiger partial charge in [-0.2, -0.15) is 0 Å². The van der Waals surface area contributed by atoms with Crippen molar-refractivity contribution >= 4 is 39.0 Å². The average Bonchev–Trinajstić information content (AvgIpc) is 2.95. The maximum atomic E-state index is 11.9. The SMILES string of the molecule is CCCCNC(=O)COC(=O)c1cc2cc([N+](=O)[O-])ccc2s1. The number of fused-ring (bicyclic) bond motifs is 1. The summed E-state index contributed by atoms with van der Waals surface area (Å²) in [6, 6.07) is 5.91. The van der Waals surface area contributed by atoms with Gasteiger partial charge in [0.25, 0.3) is 11.6 Å². The minimum atomic E-state index is -0.612. The van der Waals surface area contributed by atoms with Crippen LogP contribution in [0.15, 0.2) is 24.3 Å². The molecule has 0 fully saturated rings. The Labute approximate surface area is 136 Å². The molecule has 0 unspecified atom stereocenters. The molecule has 0 saturated heterocycles. The predicted molar refractivity (Wildman–Crippen MR) is 86.7 cm³/mol. The van der Waals surface area contributed by atoms with E-state index in [0.29, 0.717) is 16.8 Å². The Kier molecular flexibility index (Phi) is 5.64. The first-order chi connectivity index (χ1) is 11.0. The number of hydrogen-bond donors (Lipinski definition) is 1. The number of unbranched alkanes of at least 4 members (excludes halogenated alkanes) is 1. The van der Waals surface area contributed by atoms with E-state index in [1.165, 1.54) is 29.5 Å². The van der Waals surface area contributed by atoms with Crippen molar-refractivity contribution in [2.45, 2.75) is 19.8 Å². The molecule has 1 aromatic carbocycles. The molecule has 2 aromatic rings. The van der Waals surface area contributed by atoms with Crippen molar-refractivity contribution in [1.29, 1.82) is 0 Å². The Morgan fingerprint density at radius 2 is 2.13 bits per heavy atom. The van der Waals surface area contributed by atoms with Gasteiger partial charge in [0.15, 0.2) is 6.61 Å². The molecule has 1 amide bonds. The van der Waals surface area contributed by atoms with Gasteiger partial charge in [-0.3, -0.25) is 14.9 Å². The topological polar surface area (TPSA) is 98.5 Å². The van der Waals surface area contributed by atoms with E-state index in [1.54, 1.807) is 6.07 Å². The summed E-state index contributed by atoms with van der Waals surface area (Å²) in [6.45, 7) is 2.23. The monoisotopic (exact) mass is 336 g/mol. The average molecular weight is 336 g/mol. The lowest BCUT2D eigenvalue weighted by atomic mass is 10.2. The Morgan fingerprint density at radius 3 is 2.83 bits per heavy atom. The van der Waals surface area contributed by atoms with E-state index in [9.17, 15) is 19.7 Å². The summed E-state index contributed by atoms with van der Waals surface area (Å²) in [5.74, 6) is -0.956. The number of carbonyl (C=O) groups is 2. The maximum absolute atomic E-state index is 11.9. The van der Waals surface area contributed by atoms with Gasteiger partial charge >= 0.3 is 5.97 Å². The lowest BCUT2D eigenvalue weighted by Crippen LogP contribution is -2.29. The third-order valence-corrected chi connectivity index (χ3v) is 4.19. The van der Waals surface area contributed by atoms with Gasteiger partial charge in [0.2, 0.25) is 0 Å². The highest BCUT2D eigenvalue weighted by Gasteiger charge is 2.15. The number of ether oxygens (including phenoxy) is 1. The second-order valence-corrected chi connectivity index (χ2v) is 5.95. The van der Waals surface area contributed by atoms with Crippen LogP contribution < -0.4 is 5.32 Å². The molecule has 1 N–H and O–H groups in total. The fourth-order valence-corrected chi connectivity index (χ4v) is 2.84. The van der Waals surface area contributed by atoms with Gasteiger partial charge in [0.05, 0.1) is 4.92 Å². The van der Waals surface area contributed by atoms with Crippen molar-refractivity contribution in [1.82, 2.24) is 5.32 Å². The molecule has 0 atom stereocenters. The summed E-state index contributed by atoms with van der Waals surface area (Å²) in [4.78, 5) is 34.0. The molecule has 23 heavy (non-hydrogen) atoms. The van der Waals surface area contributed by atoms with Crippen LogP contribution in [-0.4, -0.2) is 30.0 Å². The number of esters is 1. The van der Waals surface area contributed by atoms with E-state index in [2.05, 4.69) is 5.32 Å². The Balaban J connectivity index is 1.98. The molecule has 0 radical (unpaired) electrons. The summed E-state index contributed by atoms with van der Waals surface area (Å²) in [5, 5.41) is 14.0. The van der Waals surface area contributed by atoms with Crippen LogP contribution in [-0.2, 0) is 9.53 Å². The molecule has 1 aromatic heterocycles. The van der Waals surface area contributed by atoms with Crippen LogP contribution in [0.3, 0.4) is 0 Å². The highest BCUT2D eigenvalue weighted by atomic mass is 32.1. The van der Waals surface area contributed by atoms with Gasteiger partial charge in [-0.1, -0.05) is 13.3 Å². The van der Waals surface area contributed by atoms with Gasteiger partial charge in [-0.25, -0.2) is 4.79 Å². The first-order valence-corrected chi connectivity index (χ1v) is 7.94. The molecule has 122 valence electrons. The number of non-ortho nitro benzene ring substituents is 1. The van der Waals surface area contributed by atoms with Gasteiger partial charge in [-0.15, -0.1) is 11.3 Å². The fourth-order valence-electron chi connectivity index (χ4n) is 1.90. The lowest BCUT2D eigenvalue weighted by Gasteiger charge is -2.04. The standard InChI is InChI=1S/C15H16N2O5S/c1-2-3-6-16-14(18)9-22-15(19)13-8-10-7-11(17(20)21)4-5-12(10)23-13/h4-5,7-8H,2-3,6,9H2,1H3,(H,16,18). The molecule has 0 aliphatic carbocycles. The molecule has 7 nitrogen and oxygen atoms in total. The molecule has 1 heterocycles. The lowest BCUT2D eigenvalue weighted by molar-refractivity contribution is -0.384. The molecular formula is C15H16N2O5S. The van der Waals surface area contributed by atoms with E-state index >= 15 is 0 Å². The number of amides is 1. The number of carbonyl (C=O) groups excluding carboxylic acids is 2. The van der Waals surface area contributed by atoms with Crippen molar-refractivity contribution in [3.8, 4) is 0 Å². The summed E-state index contributed by atoms with van der Waals surface area (Å²) >= 11 is 1.17. The van der Waals surface area contributed by atoms with Crippen molar-refractivity contribution in [2.75, 3.05) is 13.2 Å². The minimum absolute atomic E-state index is 0.0366. The summed E-state index contributed by atoms with van der Waals surface area (Å²) in [6.07, 6.45) is 1.84. The normalized spacial score (nSPS) is 10.5. The van der Waals surface area contributed by atoms with E-state index in [4.69, 9.17) is 4.74 Å². The number of nitrogens with one attached hydrogen (secondary N) is 1. The highest BCUT2D eigenvalue weighted by molar-refractivity contribution is 7.20. The van der Waals surface area contributed by atoms with Crippen molar-refractivity contribution in [2.24, 2.45) is 0 Å². The van der Waals surface area contributed by atoms with Crippen molar-refractivity contribution in [3.63, 3.8) is 0 Å². The van der Waals surface area contributed by atoms with E-state index in [1.807, 2.05) is 6.92 Å².